The van der Waals surface area contributed by atoms with Crippen LogP contribution in [0, 0.1) is 6.92 Å². The fraction of sp³-hybridized carbons (Fsp3) is 0.0625. The number of nitrogens with one attached hydrogen (secondary N) is 2. The molecule has 2 N–H and O–H groups in total. The van der Waals surface area contributed by atoms with Crippen molar-refractivity contribution in [3.8, 4) is 0 Å². The highest BCUT2D eigenvalue weighted by molar-refractivity contribution is 7.97. The highest BCUT2D eigenvalue weighted by atomic mass is 32.2. The molecule has 1 aromatic heterocycles. The second-order valence-corrected chi connectivity index (χ2v) is 5.45. The number of benzene rings is 2. The third kappa shape index (κ3) is 3.09. The molecule has 0 saturated heterocycles. The van der Waals surface area contributed by atoms with Crippen LogP contribution in [0.4, 0.5) is 0 Å². The Morgan fingerprint density at radius 1 is 1.10 bits per heavy atom. The van der Waals surface area contributed by atoms with E-state index >= 15 is 0 Å². The van der Waals surface area contributed by atoms with Crippen molar-refractivity contribution < 1.29 is 9.21 Å². The normalized spacial score (nSPS) is 10.7. The average molecular weight is 298 g/mol. The van der Waals surface area contributed by atoms with Crippen LogP contribution in [0.1, 0.15) is 16.1 Å². The first-order valence-electron chi connectivity index (χ1n) is 6.50. The molecule has 0 atom stereocenters. The molecule has 1 heterocycles. The Hall–Kier alpha value is -2.24. The summed E-state index contributed by atoms with van der Waals surface area (Å²) < 4.78 is 5.60. The molecule has 0 unspecified atom stereocenters. The molecule has 3 rings (SSSR count). The number of furan rings is 1. The maximum atomic E-state index is 12.0. The molecule has 0 aliphatic carbocycles. The molecule has 0 fully saturated rings. The van der Waals surface area contributed by atoms with E-state index in [1.165, 1.54) is 11.9 Å². The lowest BCUT2D eigenvalue weighted by Crippen LogP contribution is -2.32. The van der Waals surface area contributed by atoms with Gasteiger partial charge in [-0.3, -0.25) is 10.2 Å². The first-order valence-corrected chi connectivity index (χ1v) is 7.32. The summed E-state index contributed by atoms with van der Waals surface area (Å²) >= 11 is 1.33. The minimum absolute atomic E-state index is 0.292. The zero-order chi connectivity index (χ0) is 14.7. The van der Waals surface area contributed by atoms with E-state index in [-0.39, 0.29) is 5.91 Å². The predicted octanol–water partition coefficient (Wildman–Crippen LogP) is 3.68. The van der Waals surface area contributed by atoms with E-state index in [2.05, 4.69) is 10.3 Å². The van der Waals surface area contributed by atoms with Crippen LogP contribution in [0.3, 0.4) is 0 Å². The fourth-order valence-corrected chi connectivity index (χ4v) is 2.56. The molecule has 0 aliphatic heterocycles. The Kier molecular flexibility index (Phi) is 3.94. The fourth-order valence-electron chi connectivity index (χ4n) is 2.00. The third-order valence-electron chi connectivity index (χ3n) is 3.04. The van der Waals surface area contributed by atoms with Crippen LogP contribution in [0.5, 0.6) is 0 Å². The molecule has 0 spiro atoms. The summed E-state index contributed by atoms with van der Waals surface area (Å²) in [5, 5.41) is 0.927. The lowest BCUT2D eigenvalue weighted by Gasteiger charge is -2.04. The quantitative estimate of drug-likeness (QED) is 0.570. The lowest BCUT2D eigenvalue weighted by atomic mass is 10.2. The molecule has 4 nitrogen and oxygen atoms in total. The number of carbonyl (C=O) groups is 1. The summed E-state index contributed by atoms with van der Waals surface area (Å²) in [6.45, 7) is 1.96. The Bertz CT molecular complexity index is 768. The molecule has 0 saturated carbocycles. The predicted molar refractivity (Wildman–Crippen MR) is 83.9 cm³/mol. The number of para-hydroxylation sites is 1. The Labute approximate surface area is 126 Å². The topological polar surface area (TPSA) is 54.3 Å². The van der Waals surface area contributed by atoms with Crippen molar-refractivity contribution in [1.82, 2.24) is 10.3 Å². The number of fused-ring (bicyclic) bond motifs is 1. The van der Waals surface area contributed by atoms with Crippen molar-refractivity contribution in [2.75, 3.05) is 0 Å². The van der Waals surface area contributed by atoms with Crippen molar-refractivity contribution in [2.45, 2.75) is 11.8 Å². The van der Waals surface area contributed by atoms with Gasteiger partial charge in [0, 0.05) is 10.3 Å². The summed E-state index contributed by atoms with van der Waals surface area (Å²) in [5.74, 6) is -0.00510. The Balaban J connectivity index is 1.65. The van der Waals surface area contributed by atoms with Gasteiger partial charge in [-0.1, -0.05) is 36.4 Å². The first-order chi connectivity index (χ1) is 10.2. The summed E-state index contributed by atoms with van der Waals surface area (Å²) in [5.41, 5.74) is 4.37. The summed E-state index contributed by atoms with van der Waals surface area (Å²) in [4.78, 5) is 15.9. The van der Waals surface area contributed by atoms with Gasteiger partial charge in [-0.05, 0) is 42.6 Å². The van der Waals surface area contributed by atoms with Crippen molar-refractivity contribution >= 4 is 28.8 Å². The first kappa shape index (κ1) is 13.7. The van der Waals surface area contributed by atoms with Crippen LogP contribution in [0.25, 0.3) is 11.0 Å². The average Bonchev–Trinajstić information content (AvgIpc) is 2.94. The highest BCUT2D eigenvalue weighted by Crippen LogP contribution is 2.22. The number of hydrogen-bond acceptors (Lipinski definition) is 4. The third-order valence-corrected chi connectivity index (χ3v) is 3.75. The smallest absolute Gasteiger partial charge is 0.301 e. The molecular weight excluding hydrogens is 284 g/mol. The van der Waals surface area contributed by atoms with Crippen LogP contribution in [-0.4, -0.2) is 5.91 Å². The number of carbonyl (C=O) groups excluding carboxylic acids is 1. The van der Waals surface area contributed by atoms with Crippen LogP contribution < -0.4 is 10.3 Å². The summed E-state index contributed by atoms with van der Waals surface area (Å²) in [6, 6.07) is 17.3. The van der Waals surface area contributed by atoms with E-state index in [4.69, 9.17) is 4.42 Å². The number of aryl methyl sites for hydroxylation is 1. The molecule has 106 valence electrons. The molecule has 0 aliphatic rings. The standard InChI is InChI=1S/C16H14N2O2S/c1-11-6-5-7-12-10-14(20-15(11)12)16(19)17-18-21-13-8-3-2-4-9-13/h2-10,18H,1H3,(H,17,19). The van der Waals surface area contributed by atoms with Gasteiger partial charge in [-0.15, -0.1) is 0 Å². The van der Waals surface area contributed by atoms with Gasteiger partial charge in [-0.2, -0.15) is 4.83 Å². The maximum Gasteiger partial charge on any atom is 0.301 e. The number of hydrazine groups is 1. The molecule has 1 amide bonds. The monoisotopic (exact) mass is 298 g/mol. The Morgan fingerprint density at radius 3 is 2.67 bits per heavy atom. The van der Waals surface area contributed by atoms with Gasteiger partial charge in [0.05, 0.1) is 0 Å². The molecular formula is C16H14N2O2S. The minimum Gasteiger partial charge on any atom is -0.451 e. The molecule has 5 heteroatoms. The molecule has 21 heavy (non-hydrogen) atoms. The van der Waals surface area contributed by atoms with Crippen molar-refractivity contribution in [1.29, 1.82) is 0 Å². The van der Waals surface area contributed by atoms with Crippen molar-refractivity contribution in [2.24, 2.45) is 0 Å². The van der Waals surface area contributed by atoms with E-state index in [0.717, 1.165) is 21.4 Å². The van der Waals surface area contributed by atoms with Gasteiger partial charge in [-0.25, -0.2) is 0 Å². The van der Waals surface area contributed by atoms with Crippen molar-refractivity contribution in [3.63, 3.8) is 0 Å². The van der Waals surface area contributed by atoms with E-state index in [1.807, 2.05) is 55.5 Å². The molecule has 2 aromatic carbocycles. The zero-order valence-electron chi connectivity index (χ0n) is 11.4. The van der Waals surface area contributed by atoms with Crippen LogP contribution in [0.15, 0.2) is 63.9 Å². The summed E-state index contributed by atoms with van der Waals surface area (Å²) in [7, 11) is 0. The van der Waals surface area contributed by atoms with Crippen molar-refractivity contribution in [3.05, 3.63) is 65.9 Å². The van der Waals surface area contributed by atoms with Crippen LogP contribution in [0.2, 0.25) is 0 Å². The highest BCUT2D eigenvalue weighted by Gasteiger charge is 2.12. The largest absolute Gasteiger partial charge is 0.451 e. The molecule has 3 aromatic rings. The van der Waals surface area contributed by atoms with E-state index in [0.29, 0.717) is 5.76 Å². The van der Waals surface area contributed by atoms with Gasteiger partial charge in [0.1, 0.15) is 5.58 Å². The number of amides is 1. The van der Waals surface area contributed by atoms with Gasteiger partial charge in [0.15, 0.2) is 5.76 Å². The number of rotatable bonds is 4. The SMILES string of the molecule is Cc1cccc2cc(C(=O)NNSc3ccccc3)oc12. The van der Waals surface area contributed by atoms with E-state index in [1.54, 1.807) is 6.07 Å². The van der Waals surface area contributed by atoms with Crippen LogP contribution >= 0.6 is 11.9 Å². The lowest BCUT2D eigenvalue weighted by molar-refractivity contribution is 0.0921. The molecule has 0 bridgehead atoms. The molecule has 0 radical (unpaired) electrons. The van der Waals surface area contributed by atoms with Gasteiger partial charge >= 0.3 is 5.91 Å². The number of hydrogen-bond donors (Lipinski definition) is 2. The Morgan fingerprint density at radius 2 is 1.90 bits per heavy atom. The maximum absolute atomic E-state index is 12.0. The van der Waals surface area contributed by atoms with E-state index < -0.39 is 0 Å². The van der Waals surface area contributed by atoms with Gasteiger partial charge in [0.2, 0.25) is 0 Å². The minimum atomic E-state index is -0.297. The van der Waals surface area contributed by atoms with Gasteiger partial charge < -0.3 is 4.42 Å². The second kappa shape index (κ2) is 6.03. The van der Waals surface area contributed by atoms with E-state index in [9.17, 15) is 4.79 Å². The summed E-state index contributed by atoms with van der Waals surface area (Å²) in [6.07, 6.45) is 0. The van der Waals surface area contributed by atoms with Gasteiger partial charge in [0.25, 0.3) is 0 Å². The second-order valence-electron chi connectivity index (χ2n) is 4.58. The zero-order valence-corrected chi connectivity index (χ0v) is 12.2. The van der Waals surface area contributed by atoms with Crippen LogP contribution in [-0.2, 0) is 0 Å².